The molecule has 1 heterocycles. The fourth-order valence-electron chi connectivity index (χ4n) is 4.45. The summed E-state index contributed by atoms with van der Waals surface area (Å²) >= 11 is 5.54. The molecule has 0 aliphatic heterocycles. The Morgan fingerprint density at radius 3 is 2.62 bits per heavy atom. The van der Waals surface area contributed by atoms with Crippen molar-refractivity contribution in [2.45, 2.75) is 32.5 Å². The fourth-order valence-corrected chi connectivity index (χ4v) is 4.68. The van der Waals surface area contributed by atoms with Gasteiger partial charge in [0.25, 0.3) is 0 Å². The first-order valence-electron chi connectivity index (χ1n) is 11.8. The van der Waals surface area contributed by atoms with Gasteiger partial charge in [0.2, 0.25) is 0 Å². The molecular formula is C28H23F3N4OS. The van der Waals surface area contributed by atoms with Crippen molar-refractivity contribution in [3.8, 4) is 22.7 Å². The molecule has 1 aromatic heterocycles. The van der Waals surface area contributed by atoms with E-state index < -0.39 is 6.36 Å². The summed E-state index contributed by atoms with van der Waals surface area (Å²) in [6.07, 6.45) is -0.647. The second-order valence-corrected chi connectivity index (χ2v) is 9.44. The number of hydrogen-bond donors (Lipinski definition) is 0. The molecule has 0 unspecified atom stereocenters. The van der Waals surface area contributed by atoms with E-state index in [2.05, 4.69) is 45.2 Å². The molecule has 0 fully saturated rings. The van der Waals surface area contributed by atoms with Crippen molar-refractivity contribution in [2.24, 2.45) is 4.99 Å². The topological polar surface area (TPSA) is 52.3 Å². The van der Waals surface area contributed by atoms with E-state index in [1.165, 1.54) is 35.4 Å². The lowest BCUT2D eigenvalue weighted by Crippen LogP contribution is -2.17. The molecule has 9 heteroatoms. The van der Waals surface area contributed by atoms with E-state index >= 15 is 0 Å². The average molecular weight is 521 g/mol. The second kappa shape index (κ2) is 10.3. The number of halogens is 3. The zero-order chi connectivity index (χ0) is 26.0. The Balaban J connectivity index is 1.28. The SMILES string of the molecule is Cc1ccccc1CC(=S)CN=Cc1ccc2c(c1)CCc1c-2nnn1-c1ccc(OC(F)(F)F)cc1. The van der Waals surface area contributed by atoms with Gasteiger partial charge in [-0.3, -0.25) is 4.99 Å². The molecule has 1 aliphatic carbocycles. The molecule has 0 bridgehead atoms. The van der Waals surface area contributed by atoms with Crippen molar-refractivity contribution in [1.29, 1.82) is 0 Å². The zero-order valence-corrected chi connectivity index (χ0v) is 20.8. The number of nitrogens with zero attached hydrogens (tertiary/aromatic N) is 4. The lowest BCUT2D eigenvalue weighted by molar-refractivity contribution is -0.274. The van der Waals surface area contributed by atoms with Gasteiger partial charge in [-0.05, 0) is 72.4 Å². The number of rotatable bonds is 7. The van der Waals surface area contributed by atoms with Crippen LogP contribution in [0.5, 0.6) is 5.75 Å². The van der Waals surface area contributed by atoms with E-state index in [1.807, 2.05) is 30.5 Å². The Morgan fingerprint density at radius 1 is 1.08 bits per heavy atom. The van der Waals surface area contributed by atoms with E-state index in [0.717, 1.165) is 45.8 Å². The van der Waals surface area contributed by atoms with E-state index in [9.17, 15) is 13.2 Å². The molecule has 4 aromatic rings. The van der Waals surface area contributed by atoms with Gasteiger partial charge in [0, 0.05) is 23.1 Å². The van der Waals surface area contributed by atoms with Crippen molar-refractivity contribution in [3.63, 3.8) is 0 Å². The third-order valence-corrected chi connectivity index (χ3v) is 6.52. The van der Waals surface area contributed by atoms with Crippen molar-refractivity contribution in [3.05, 3.63) is 94.7 Å². The Morgan fingerprint density at radius 2 is 1.86 bits per heavy atom. The predicted octanol–water partition coefficient (Wildman–Crippen LogP) is 6.27. The number of thiocarbonyl (C=S) groups is 1. The number of aliphatic imine (C=N–C) groups is 1. The maximum atomic E-state index is 12.4. The Bertz CT molecular complexity index is 1480. The number of aromatic nitrogens is 3. The summed E-state index contributed by atoms with van der Waals surface area (Å²) in [7, 11) is 0. The van der Waals surface area contributed by atoms with Crippen molar-refractivity contribution in [1.82, 2.24) is 15.0 Å². The molecule has 188 valence electrons. The highest BCUT2D eigenvalue weighted by Gasteiger charge is 2.31. The van der Waals surface area contributed by atoms with Crippen LogP contribution in [0.2, 0.25) is 0 Å². The van der Waals surface area contributed by atoms with Crippen LogP contribution in [0, 0.1) is 6.92 Å². The number of benzene rings is 3. The van der Waals surface area contributed by atoms with Crippen molar-refractivity contribution >= 4 is 23.3 Å². The highest BCUT2D eigenvalue weighted by atomic mass is 32.1. The summed E-state index contributed by atoms with van der Waals surface area (Å²) in [4.78, 5) is 5.45. The highest BCUT2D eigenvalue weighted by Crippen LogP contribution is 2.33. The van der Waals surface area contributed by atoms with Gasteiger partial charge in [0.1, 0.15) is 11.4 Å². The summed E-state index contributed by atoms with van der Waals surface area (Å²) < 4.78 is 43.0. The van der Waals surface area contributed by atoms with Crippen LogP contribution in [0.25, 0.3) is 16.9 Å². The summed E-state index contributed by atoms with van der Waals surface area (Å²) in [5.74, 6) is -0.277. The standard InChI is InChI=1S/C28H23F3N4OS/c1-18-4-2-3-5-20(18)15-24(37)17-32-16-19-6-12-25-21(14-19)7-13-26-27(25)33-34-35(26)22-8-10-23(11-9-22)36-28(29,30)31/h2-6,8-12,14,16H,7,13,15,17H2,1H3. The maximum Gasteiger partial charge on any atom is 0.573 e. The van der Waals surface area contributed by atoms with Gasteiger partial charge >= 0.3 is 6.36 Å². The van der Waals surface area contributed by atoms with Crippen LogP contribution < -0.4 is 4.74 Å². The molecule has 0 radical (unpaired) electrons. The van der Waals surface area contributed by atoms with Gasteiger partial charge < -0.3 is 4.74 Å². The normalized spacial score (nSPS) is 12.9. The zero-order valence-electron chi connectivity index (χ0n) is 20.0. The molecule has 0 spiro atoms. The minimum atomic E-state index is -4.73. The number of aryl methyl sites for hydroxylation is 2. The molecule has 0 saturated heterocycles. The fraction of sp³-hybridized carbons (Fsp3) is 0.214. The van der Waals surface area contributed by atoms with Crippen LogP contribution in [0.3, 0.4) is 0 Å². The van der Waals surface area contributed by atoms with Gasteiger partial charge in [-0.15, -0.1) is 18.3 Å². The lowest BCUT2D eigenvalue weighted by atomic mass is 9.91. The molecule has 5 nitrogen and oxygen atoms in total. The lowest BCUT2D eigenvalue weighted by Gasteiger charge is -2.17. The molecule has 5 rings (SSSR count). The minimum Gasteiger partial charge on any atom is -0.406 e. The third kappa shape index (κ3) is 5.77. The van der Waals surface area contributed by atoms with E-state index in [-0.39, 0.29) is 5.75 Å². The summed E-state index contributed by atoms with van der Waals surface area (Å²) in [5.41, 5.74) is 7.92. The molecule has 37 heavy (non-hydrogen) atoms. The number of alkyl halides is 3. The van der Waals surface area contributed by atoms with Gasteiger partial charge in [-0.2, -0.15) is 0 Å². The maximum absolute atomic E-state index is 12.4. The van der Waals surface area contributed by atoms with Crippen LogP contribution in [0.1, 0.15) is 27.9 Å². The second-order valence-electron chi connectivity index (χ2n) is 8.87. The van der Waals surface area contributed by atoms with Gasteiger partial charge in [-0.1, -0.05) is 53.8 Å². The summed E-state index contributed by atoms with van der Waals surface area (Å²) in [6.45, 7) is 2.58. The number of hydrogen-bond acceptors (Lipinski definition) is 5. The van der Waals surface area contributed by atoms with E-state index in [0.29, 0.717) is 18.7 Å². The Kier molecular flexibility index (Phi) is 6.88. The molecule has 0 atom stereocenters. The third-order valence-electron chi connectivity index (χ3n) is 6.25. The average Bonchev–Trinajstić information content (AvgIpc) is 3.29. The summed E-state index contributed by atoms with van der Waals surface area (Å²) in [6, 6.07) is 19.9. The monoisotopic (exact) mass is 520 g/mol. The molecule has 3 aromatic carbocycles. The molecule has 1 aliphatic rings. The minimum absolute atomic E-state index is 0.277. The first-order chi connectivity index (χ1) is 17.8. The van der Waals surface area contributed by atoms with Gasteiger partial charge in [0.15, 0.2) is 0 Å². The van der Waals surface area contributed by atoms with Crippen LogP contribution >= 0.6 is 12.2 Å². The smallest absolute Gasteiger partial charge is 0.406 e. The largest absolute Gasteiger partial charge is 0.573 e. The van der Waals surface area contributed by atoms with Crippen molar-refractivity contribution < 1.29 is 17.9 Å². The quantitative estimate of drug-likeness (QED) is 0.213. The first kappa shape index (κ1) is 24.8. The molecule has 0 amide bonds. The van der Waals surface area contributed by atoms with Crippen LogP contribution in [-0.2, 0) is 19.3 Å². The molecular weight excluding hydrogens is 497 g/mol. The Hall–Kier alpha value is -3.85. The highest BCUT2D eigenvalue weighted by molar-refractivity contribution is 7.80. The first-order valence-corrected chi connectivity index (χ1v) is 12.2. The van der Waals surface area contributed by atoms with Gasteiger partial charge in [-0.25, -0.2) is 4.68 Å². The Labute approximate surface area is 217 Å². The summed E-state index contributed by atoms with van der Waals surface area (Å²) in [5, 5.41) is 8.64. The van der Waals surface area contributed by atoms with E-state index in [4.69, 9.17) is 12.2 Å². The van der Waals surface area contributed by atoms with Crippen LogP contribution in [0.15, 0.2) is 71.7 Å². The van der Waals surface area contributed by atoms with E-state index in [1.54, 1.807) is 4.68 Å². The van der Waals surface area contributed by atoms with Gasteiger partial charge in [0.05, 0.1) is 17.9 Å². The number of fused-ring (bicyclic) bond motifs is 3. The molecule has 0 N–H and O–H groups in total. The predicted molar refractivity (Wildman–Crippen MR) is 141 cm³/mol. The van der Waals surface area contributed by atoms with Crippen LogP contribution in [-0.4, -0.2) is 39.0 Å². The molecule has 0 saturated carbocycles. The van der Waals surface area contributed by atoms with Crippen LogP contribution in [0.4, 0.5) is 13.2 Å². The van der Waals surface area contributed by atoms with Crippen molar-refractivity contribution in [2.75, 3.05) is 6.54 Å². The number of ether oxygens (including phenoxy) is 1.